The highest BCUT2D eigenvalue weighted by molar-refractivity contribution is 7.98. The fraction of sp³-hybridized carbons (Fsp3) is 0.267. The molecule has 2 aromatic rings. The first-order chi connectivity index (χ1) is 9.34. The number of rotatable bonds is 4. The number of hydrogen-bond acceptors (Lipinski definition) is 3. The van der Waals surface area contributed by atoms with Gasteiger partial charge in [-0.25, -0.2) is 0 Å². The van der Waals surface area contributed by atoms with Gasteiger partial charge < -0.3 is 4.90 Å². The maximum atomic E-state index is 12.3. The highest BCUT2D eigenvalue weighted by Crippen LogP contribution is 2.29. The number of nitrogens with zero attached hydrogens (tertiary/aromatic N) is 1. The van der Waals surface area contributed by atoms with E-state index in [-0.39, 0.29) is 5.91 Å². The van der Waals surface area contributed by atoms with Crippen LogP contribution < -0.4 is 0 Å². The molecule has 2 nitrogen and oxygen atoms in total. The second-order valence-corrected chi connectivity index (χ2v) is 6.56. The summed E-state index contributed by atoms with van der Waals surface area (Å²) in [5.74, 6) is 1.11. The fourth-order valence-electron chi connectivity index (χ4n) is 2.00. The van der Waals surface area contributed by atoms with Crippen LogP contribution in [-0.4, -0.2) is 23.9 Å². The molecular formula is C15H15NOS2. The largest absolute Gasteiger partial charge is 0.338 e. The zero-order valence-electron chi connectivity index (χ0n) is 10.5. The molecule has 0 radical (unpaired) electrons. The zero-order valence-corrected chi connectivity index (χ0v) is 12.2. The van der Waals surface area contributed by atoms with E-state index < -0.39 is 0 Å². The summed E-state index contributed by atoms with van der Waals surface area (Å²) in [6.07, 6.45) is 1.14. The van der Waals surface area contributed by atoms with Gasteiger partial charge in [0.15, 0.2) is 0 Å². The van der Waals surface area contributed by atoms with Gasteiger partial charge in [0.2, 0.25) is 0 Å². The molecule has 0 unspecified atom stereocenters. The van der Waals surface area contributed by atoms with E-state index in [1.807, 2.05) is 29.2 Å². The lowest BCUT2D eigenvalue weighted by molar-refractivity contribution is 0.0648. The Kier molecular flexibility index (Phi) is 3.89. The summed E-state index contributed by atoms with van der Waals surface area (Å²) < 4.78 is 0. The zero-order chi connectivity index (χ0) is 13.1. The van der Waals surface area contributed by atoms with Crippen molar-refractivity contribution in [2.45, 2.75) is 17.1 Å². The molecule has 1 aromatic heterocycles. The molecule has 1 aliphatic heterocycles. The highest BCUT2D eigenvalue weighted by Gasteiger charge is 2.23. The van der Waals surface area contributed by atoms with Crippen molar-refractivity contribution in [3.8, 4) is 0 Å². The maximum Gasteiger partial charge on any atom is 0.254 e. The number of thioether (sulfide) groups is 1. The van der Waals surface area contributed by atoms with E-state index >= 15 is 0 Å². The normalized spacial score (nSPS) is 14.2. The summed E-state index contributed by atoms with van der Waals surface area (Å²) in [4.78, 5) is 16.7. The molecule has 0 spiro atoms. The number of carbonyl (C=O) groups excluding carboxylic acids is 1. The van der Waals surface area contributed by atoms with E-state index in [9.17, 15) is 4.79 Å². The number of likely N-dealkylation sites (tertiary alicyclic amines) is 1. The van der Waals surface area contributed by atoms with Crippen LogP contribution in [0.5, 0.6) is 0 Å². The van der Waals surface area contributed by atoms with Crippen molar-refractivity contribution in [3.05, 3.63) is 52.2 Å². The molecule has 0 bridgehead atoms. The minimum absolute atomic E-state index is 0.181. The van der Waals surface area contributed by atoms with E-state index in [1.54, 1.807) is 23.1 Å². The Morgan fingerprint density at radius 1 is 1.21 bits per heavy atom. The van der Waals surface area contributed by atoms with E-state index in [2.05, 4.69) is 17.5 Å². The quantitative estimate of drug-likeness (QED) is 0.796. The molecular weight excluding hydrogens is 274 g/mol. The van der Waals surface area contributed by atoms with Gasteiger partial charge in [-0.1, -0.05) is 18.2 Å². The van der Waals surface area contributed by atoms with Gasteiger partial charge in [-0.15, -0.1) is 23.1 Å². The van der Waals surface area contributed by atoms with Crippen LogP contribution >= 0.6 is 23.1 Å². The van der Waals surface area contributed by atoms with E-state index in [0.717, 1.165) is 35.7 Å². The van der Waals surface area contributed by atoms with Crippen molar-refractivity contribution in [2.24, 2.45) is 0 Å². The summed E-state index contributed by atoms with van der Waals surface area (Å²) in [5, 5.41) is 2.09. The molecule has 1 amide bonds. The van der Waals surface area contributed by atoms with Crippen LogP contribution in [0.3, 0.4) is 0 Å². The van der Waals surface area contributed by atoms with Crippen molar-refractivity contribution in [2.75, 3.05) is 13.1 Å². The van der Waals surface area contributed by atoms with Gasteiger partial charge >= 0.3 is 0 Å². The Morgan fingerprint density at radius 2 is 2.05 bits per heavy atom. The third-order valence-corrected chi connectivity index (χ3v) is 5.39. The SMILES string of the molecule is O=C(c1ccccc1SCc1cccs1)N1CCC1. The summed E-state index contributed by atoms with van der Waals surface area (Å²) in [5.41, 5.74) is 0.851. The van der Waals surface area contributed by atoms with Crippen LogP contribution in [0, 0.1) is 0 Å². The van der Waals surface area contributed by atoms with Crippen LogP contribution in [0.15, 0.2) is 46.7 Å². The Morgan fingerprint density at radius 3 is 2.74 bits per heavy atom. The minimum atomic E-state index is 0.181. The van der Waals surface area contributed by atoms with Gasteiger partial charge in [0.25, 0.3) is 5.91 Å². The second kappa shape index (κ2) is 5.80. The van der Waals surface area contributed by atoms with Gasteiger partial charge in [0, 0.05) is 28.6 Å². The van der Waals surface area contributed by atoms with Crippen LogP contribution in [0.1, 0.15) is 21.7 Å². The van der Waals surface area contributed by atoms with Crippen molar-refractivity contribution in [1.82, 2.24) is 4.90 Å². The smallest absolute Gasteiger partial charge is 0.254 e. The predicted molar refractivity (Wildman–Crippen MR) is 80.8 cm³/mol. The molecule has 19 heavy (non-hydrogen) atoms. The summed E-state index contributed by atoms with van der Waals surface area (Å²) in [6.45, 7) is 1.81. The summed E-state index contributed by atoms with van der Waals surface area (Å²) in [7, 11) is 0. The lowest BCUT2D eigenvalue weighted by Gasteiger charge is -2.31. The number of thiophene rings is 1. The highest BCUT2D eigenvalue weighted by atomic mass is 32.2. The molecule has 0 aliphatic carbocycles. The van der Waals surface area contributed by atoms with Crippen LogP contribution in [0.2, 0.25) is 0 Å². The number of amides is 1. The molecule has 0 saturated carbocycles. The first-order valence-corrected chi connectivity index (χ1v) is 8.24. The molecule has 98 valence electrons. The van der Waals surface area contributed by atoms with E-state index in [1.165, 1.54) is 4.88 Å². The third-order valence-electron chi connectivity index (χ3n) is 3.21. The maximum absolute atomic E-state index is 12.3. The Balaban J connectivity index is 1.75. The molecule has 0 N–H and O–H groups in total. The van der Waals surface area contributed by atoms with Gasteiger partial charge in [-0.2, -0.15) is 0 Å². The van der Waals surface area contributed by atoms with Crippen molar-refractivity contribution >= 4 is 29.0 Å². The van der Waals surface area contributed by atoms with Gasteiger partial charge in [0.1, 0.15) is 0 Å². The second-order valence-electron chi connectivity index (χ2n) is 4.51. The Hall–Kier alpha value is -1.26. The number of benzene rings is 1. The van der Waals surface area contributed by atoms with Gasteiger partial charge in [-0.3, -0.25) is 4.79 Å². The first-order valence-electron chi connectivity index (χ1n) is 6.38. The first kappa shape index (κ1) is 12.8. The van der Waals surface area contributed by atoms with Crippen molar-refractivity contribution < 1.29 is 4.79 Å². The summed E-state index contributed by atoms with van der Waals surface area (Å²) in [6, 6.07) is 12.1. The molecule has 4 heteroatoms. The molecule has 1 fully saturated rings. The lowest BCUT2D eigenvalue weighted by Crippen LogP contribution is -2.42. The summed E-state index contributed by atoms with van der Waals surface area (Å²) >= 11 is 3.51. The standard InChI is InChI=1S/C15H15NOS2/c17-15(16-8-4-9-16)13-6-1-2-7-14(13)19-11-12-5-3-10-18-12/h1-3,5-7,10H,4,8-9,11H2. The van der Waals surface area contributed by atoms with E-state index in [0.29, 0.717) is 0 Å². The molecule has 1 saturated heterocycles. The molecule has 3 rings (SSSR count). The Labute approximate surface area is 121 Å². The van der Waals surface area contributed by atoms with Crippen LogP contribution in [0.25, 0.3) is 0 Å². The number of carbonyl (C=O) groups is 1. The van der Waals surface area contributed by atoms with Crippen LogP contribution in [-0.2, 0) is 5.75 Å². The monoisotopic (exact) mass is 289 g/mol. The van der Waals surface area contributed by atoms with E-state index in [4.69, 9.17) is 0 Å². The average molecular weight is 289 g/mol. The number of hydrogen-bond donors (Lipinski definition) is 0. The Bertz CT molecular complexity index is 561. The third kappa shape index (κ3) is 2.85. The molecule has 0 atom stereocenters. The molecule has 2 heterocycles. The predicted octanol–water partition coefficient (Wildman–Crippen LogP) is 3.89. The van der Waals surface area contributed by atoms with Crippen LogP contribution in [0.4, 0.5) is 0 Å². The molecule has 1 aromatic carbocycles. The van der Waals surface area contributed by atoms with Gasteiger partial charge in [-0.05, 0) is 30.0 Å². The van der Waals surface area contributed by atoms with Crippen molar-refractivity contribution in [3.63, 3.8) is 0 Å². The van der Waals surface area contributed by atoms with Crippen molar-refractivity contribution in [1.29, 1.82) is 0 Å². The molecule has 1 aliphatic rings. The lowest BCUT2D eigenvalue weighted by atomic mass is 10.1. The fourth-order valence-corrected chi connectivity index (χ4v) is 3.82. The average Bonchev–Trinajstić information content (AvgIpc) is 2.87. The topological polar surface area (TPSA) is 20.3 Å². The minimum Gasteiger partial charge on any atom is -0.338 e. The van der Waals surface area contributed by atoms with Gasteiger partial charge in [0.05, 0.1) is 5.56 Å².